The smallest absolute Gasteiger partial charge is 0.324 e. The van der Waals surface area contributed by atoms with Gasteiger partial charge in [-0.25, -0.2) is 14.8 Å². The molecule has 3 aromatic heterocycles. The Morgan fingerprint density at radius 2 is 1.57 bits per heavy atom. The summed E-state index contributed by atoms with van der Waals surface area (Å²) in [5.74, 6) is 1.13. The molecule has 0 fully saturated rings. The first kappa shape index (κ1) is 21.7. The topological polar surface area (TPSA) is 132 Å². The van der Waals surface area contributed by atoms with E-state index in [0.717, 1.165) is 22.4 Å². The van der Waals surface area contributed by atoms with Crippen LogP contribution in [0.2, 0.25) is 0 Å². The van der Waals surface area contributed by atoms with Crippen molar-refractivity contribution >= 4 is 23.4 Å². The highest BCUT2D eigenvalue weighted by atomic mass is 16.2. The number of nitrogens with one attached hydrogen (secondary N) is 2. The fraction of sp³-hybridized carbons (Fsp3) is 0. The van der Waals surface area contributed by atoms with Crippen LogP contribution in [-0.4, -0.2) is 31.2 Å². The van der Waals surface area contributed by atoms with E-state index in [1.165, 1.54) is 0 Å². The average molecular weight is 461 g/mol. The summed E-state index contributed by atoms with van der Waals surface area (Å²) in [6.07, 6.45) is 4.94. The molecule has 9 heteroatoms. The maximum atomic E-state index is 12.8. The van der Waals surface area contributed by atoms with E-state index in [-0.39, 0.29) is 0 Å². The molecule has 0 aliphatic rings. The summed E-state index contributed by atoms with van der Waals surface area (Å²) in [5.41, 5.74) is 10.4. The van der Waals surface area contributed by atoms with E-state index in [2.05, 4.69) is 35.8 Å². The van der Waals surface area contributed by atoms with Crippen LogP contribution in [0.5, 0.6) is 0 Å². The number of nitrogens with two attached hydrogens (primary N) is 1. The van der Waals surface area contributed by atoms with Gasteiger partial charge in [-0.3, -0.25) is 10.3 Å². The van der Waals surface area contributed by atoms with Gasteiger partial charge in [0.2, 0.25) is 0 Å². The van der Waals surface area contributed by atoms with E-state index in [1.54, 1.807) is 36.8 Å². The molecular formula is C26H20N8O. The number of pyridine rings is 1. The van der Waals surface area contributed by atoms with Gasteiger partial charge in [0.05, 0.1) is 11.4 Å². The first-order valence-corrected chi connectivity index (χ1v) is 10.8. The molecule has 170 valence electrons. The maximum Gasteiger partial charge on any atom is 0.324 e. The number of hydrogen-bond acceptors (Lipinski definition) is 7. The third kappa shape index (κ3) is 4.93. The van der Waals surface area contributed by atoms with Crippen LogP contribution in [0.4, 0.5) is 22.1 Å². The zero-order chi connectivity index (χ0) is 24.0. The summed E-state index contributed by atoms with van der Waals surface area (Å²) in [6, 6.07) is 23.7. The van der Waals surface area contributed by atoms with E-state index in [0.29, 0.717) is 28.7 Å². The summed E-state index contributed by atoms with van der Waals surface area (Å²) in [4.78, 5) is 25.6. The number of anilines is 3. The normalized spacial score (nSPS) is 10.5. The number of carbonyl (C=O) groups is 1. The van der Waals surface area contributed by atoms with Crippen molar-refractivity contribution in [2.24, 2.45) is 0 Å². The third-order valence-corrected chi connectivity index (χ3v) is 5.18. The second-order valence-electron chi connectivity index (χ2n) is 7.52. The summed E-state index contributed by atoms with van der Waals surface area (Å²) < 4.78 is 0. The molecule has 35 heavy (non-hydrogen) atoms. The zero-order valence-electron chi connectivity index (χ0n) is 18.5. The SMILES string of the molecule is Nc1ccnc(-c2cnccc2-c2ccccc2NC(=O)Nc2ccc(-c3ccccc3)nn2)n1. The van der Waals surface area contributed by atoms with Crippen molar-refractivity contribution in [2.75, 3.05) is 16.4 Å². The van der Waals surface area contributed by atoms with E-state index in [9.17, 15) is 4.79 Å². The summed E-state index contributed by atoms with van der Waals surface area (Å²) in [5, 5.41) is 13.9. The molecule has 5 rings (SSSR count). The fourth-order valence-electron chi connectivity index (χ4n) is 3.57. The molecule has 0 saturated carbocycles. The van der Waals surface area contributed by atoms with E-state index in [4.69, 9.17) is 5.73 Å². The van der Waals surface area contributed by atoms with Crippen molar-refractivity contribution in [3.05, 3.63) is 97.5 Å². The molecule has 9 nitrogen and oxygen atoms in total. The lowest BCUT2D eigenvalue weighted by atomic mass is 9.99. The lowest BCUT2D eigenvalue weighted by molar-refractivity contribution is 0.262. The molecule has 3 heterocycles. The van der Waals surface area contributed by atoms with Gasteiger partial charge in [-0.15, -0.1) is 10.2 Å². The molecule has 0 aliphatic carbocycles. The third-order valence-electron chi connectivity index (χ3n) is 5.18. The number of benzene rings is 2. The molecule has 0 atom stereocenters. The Morgan fingerprint density at radius 3 is 2.37 bits per heavy atom. The highest BCUT2D eigenvalue weighted by Crippen LogP contribution is 2.34. The Morgan fingerprint density at radius 1 is 0.743 bits per heavy atom. The molecule has 0 radical (unpaired) electrons. The minimum atomic E-state index is -0.449. The van der Waals surface area contributed by atoms with Crippen LogP contribution in [0.1, 0.15) is 0 Å². The fourth-order valence-corrected chi connectivity index (χ4v) is 3.57. The second kappa shape index (κ2) is 9.75. The summed E-state index contributed by atoms with van der Waals surface area (Å²) >= 11 is 0. The molecule has 0 aliphatic heterocycles. The van der Waals surface area contributed by atoms with Gasteiger partial charge in [-0.2, -0.15) is 0 Å². The van der Waals surface area contributed by atoms with Gasteiger partial charge in [0.25, 0.3) is 0 Å². The number of para-hydroxylation sites is 1. The molecule has 4 N–H and O–H groups in total. The lowest BCUT2D eigenvalue weighted by Crippen LogP contribution is -2.20. The monoisotopic (exact) mass is 460 g/mol. The molecule has 0 unspecified atom stereocenters. The first-order chi connectivity index (χ1) is 17.2. The van der Waals surface area contributed by atoms with E-state index >= 15 is 0 Å². The van der Waals surface area contributed by atoms with Gasteiger partial charge in [0.15, 0.2) is 11.6 Å². The lowest BCUT2D eigenvalue weighted by Gasteiger charge is -2.14. The maximum absolute atomic E-state index is 12.8. The molecule has 0 spiro atoms. The van der Waals surface area contributed by atoms with Crippen LogP contribution in [0.15, 0.2) is 97.5 Å². The Hall–Kier alpha value is -5.18. The van der Waals surface area contributed by atoms with Crippen molar-refractivity contribution in [1.29, 1.82) is 0 Å². The minimum Gasteiger partial charge on any atom is -0.384 e. The molecule has 5 aromatic rings. The van der Waals surface area contributed by atoms with Crippen LogP contribution in [0, 0.1) is 0 Å². The van der Waals surface area contributed by atoms with Crippen molar-refractivity contribution in [3.63, 3.8) is 0 Å². The highest BCUT2D eigenvalue weighted by Gasteiger charge is 2.15. The molecule has 2 amide bonds. The molecule has 0 saturated heterocycles. The van der Waals surface area contributed by atoms with Gasteiger partial charge in [-0.05, 0) is 35.9 Å². The van der Waals surface area contributed by atoms with Crippen LogP contribution in [0.3, 0.4) is 0 Å². The van der Waals surface area contributed by atoms with Crippen molar-refractivity contribution in [1.82, 2.24) is 25.1 Å². The molecule has 0 bridgehead atoms. The quantitative estimate of drug-likeness (QED) is 0.340. The van der Waals surface area contributed by atoms with Gasteiger partial charge in [0, 0.05) is 35.3 Å². The Bertz CT molecular complexity index is 1470. The van der Waals surface area contributed by atoms with Crippen LogP contribution >= 0.6 is 0 Å². The Balaban J connectivity index is 1.38. The molecular weight excluding hydrogens is 440 g/mol. The number of rotatable bonds is 5. The number of nitrogen functional groups attached to an aromatic ring is 1. The zero-order valence-corrected chi connectivity index (χ0v) is 18.5. The average Bonchev–Trinajstić information content (AvgIpc) is 2.90. The number of nitrogens with zero attached hydrogens (tertiary/aromatic N) is 5. The predicted octanol–water partition coefficient (Wildman–Crippen LogP) is 4.89. The van der Waals surface area contributed by atoms with Gasteiger partial charge in [-0.1, -0.05) is 48.5 Å². The number of hydrogen-bond donors (Lipinski definition) is 3. The van der Waals surface area contributed by atoms with Gasteiger partial charge < -0.3 is 11.1 Å². The van der Waals surface area contributed by atoms with Crippen LogP contribution < -0.4 is 16.4 Å². The largest absolute Gasteiger partial charge is 0.384 e. The van der Waals surface area contributed by atoms with Crippen molar-refractivity contribution in [2.45, 2.75) is 0 Å². The van der Waals surface area contributed by atoms with Gasteiger partial charge in [0.1, 0.15) is 5.82 Å². The second-order valence-corrected chi connectivity index (χ2v) is 7.52. The summed E-state index contributed by atoms with van der Waals surface area (Å²) in [7, 11) is 0. The number of urea groups is 1. The Kier molecular flexibility index (Phi) is 6.03. The Labute approximate surface area is 201 Å². The predicted molar refractivity (Wildman–Crippen MR) is 135 cm³/mol. The van der Waals surface area contributed by atoms with Crippen molar-refractivity contribution in [3.8, 4) is 33.8 Å². The van der Waals surface area contributed by atoms with E-state index < -0.39 is 6.03 Å². The van der Waals surface area contributed by atoms with Crippen LogP contribution in [-0.2, 0) is 0 Å². The number of carbonyl (C=O) groups excluding carboxylic acids is 1. The number of amides is 2. The van der Waals surface area contributed by atoms with Crippen molar-refractivity contribution < 1.29 is 4.79 Å². The first-order valence-electron chi connectivity index (χ1n) is 10.8. The standard InChI is InChI=1S/C26H20N8O/c27-23-13-15-29-25(31-23)20-16-28-14-12-18(20)19-8-4-5-9-22(19)30-26(35)32-24-11-10-21(33-34-24)17-6-2-1-3-7-17/h1-16H,(H2,27,29,31)(H2,30,32,34,35). The van der Waals surface area contributed by atoms with E-state index in [1.807, 2.05) is 60.7 Å². The number of aromatic nitrogens is 5. The molecule has 2 aromatic carbocycles. The highest BCUT2D eigenvalue weighted by molar-refractivity contribution is 6.02. The van der Waals surface area contributed by atoms with Crippen LogP contribution in [0.25, 0.3) is 33.8 Å². The minimum absolute atomic E-state index is 0.331. The summed E-state index contributed by atoms with van der Waals surface area (Å²) in [6.45, 7) is 0. The van der Waals surface area contributed by atoms with Gasteiger partial charge >= 0.3 is 6.03 Å².